The van der Waals surface area contributed by atoms with E-state index in [1.165, 1.54) is 7.05 Å². The van der Waals surface area contributed by atoms with Crippen LogP contribution >= 0.6 is 10.7 Å². The number of aryl methyl sites for hydroxylation is 1. The summed E-state index contributed by atoms with van der Waals surface area (Å²) in [4.78, 5) is 1.16. The second kappa shape index (κ2) is 2.74. The maximum Gasteiger partial charge on any atom is 0.240 e. The van der Waals surface area contributed by atoms with Gasteiger partial charge in [-0.2, -0.15) is 4.80 Å². The van der Waals surface area contributed by atoms with Crippen LogP contribution < -0.4 is 0 Å². The maximum atomic E-state index is 10.5. The molecule has 0 unspecified atom stereocenters. The molecule has 8 heteroatoms. The van der Waals surface area contributed by atoms with E-state index >= 15 is 0 Å². The lowest BCUT2D eigenvalue weighted by Gasteiger charge is -1.85. The van der Waals surface area contributed by atoms with Gasteiger partial charge in [0.1, 0.15) is 5.75 Å². The van der Waals surface area contributed by atoms with Gasteiger partial charge in [-0.1, -0.05) is 0 Å². The third-order valence-corrected chi connectivity index (χ3v) is 1.78. The van der Waals surface area contributed by atoms with Crippen LogP contribution in [0.5, 0.6) is 0 Å². The number of rotatable bonds is 2. The van der Waals surface area contributed by atoms with Gasteiger partial charge in [-0.05, 0) is 5.21 Å². The van der Waals surface area contributed by atoms with E-state index in [0.717, 1.165) is 4.80 Å². The van der Waals surface area contributed by atoms with E-state index in [0.29, 0.717) is 0 Å². The second-order valence-electron chi connectivity index (χ2n) is 1.88. The Hall–Kier alpha value is -0.690. The molecule has 0 aliphatic heterocycles. The zero-order valence-electron chi connectivity index (χ0n) is 5.60. The topological polar surface area (TPSA) is 77.7 Å². The minimum atomic E-state index is -3.57. The Bertz CT molecular complexity index is 344. The number of tetrazole rings is 1. The molecule has 0 saturated carbocycles. The third kappa shape index (κ3) is 2.81. The fourth-order valence-corrected chi connectivity index (χ4v) is 1.25. The highest BCUT2D eigenvalue weighted by Gasteiger charge is 2.10. The van der Waals surface area contributed by atoms with Gasteiger partial charge >= 0.3 is 0 Å². The predicted molar refractivity (Wildman–Crippen MR) is 37.3 cm³/mol. The molecule has 0 spiro atoms. The summed E-state index contributed by atoms with van der Waals surface area (Å²) in [5.74, 6) is -0.287. The Morgan fingerprint density at radius 1 is 1.64 bits per heavy atom. The molecule has 0 saturated heterocycles. The van der Waals surface area contributed by atoms with Crippen LogP contribution in [0.2, 0.25) is 0 Å². The molecule has 1 heterocycles. The van der Waals surface area contributed by atoms with Gasteiger partial charge in [-0.25, -0.2) is 8.42 Å². The summed E-state index contributed by atoms with van der Waals surface area (Å²) >= 11 is 0. The summed E-state index contributed by atoms with van der Waals surface area (Å²) in [5, 5.41) is 10.5. The average Bonchev–Trinajstić information content (AvgIpc) is 2.10. The Labute approximate surface area is 67.6 Å². The molecule has 11 heavy (non-hydrogen) atoms. The van der Waals surface area contributed by atoms with Crippen molar-refractivity contribution in [1.29, 1.82) is 0 Å². The normalized spacial score (nSPS) is 11.8. The van der Waals surface area contributed by atoms with E-state index in [2.05, 4.69) is 15.4 Å². The SMILES string of the molecule is Cn1nnc(CS(=O)(=O)Cl)n1. The van der Waals surface area contributed by atoms with Crippen molar-refractivity contribution >= 4 is 19.7 Å². The Kier molecular flexibility index (Phi) is 2.10. The van der Waals surface area contributed by atoms with Crippen molar-refractivity contribution in [3.8, 4) is 0 Å². The molecule has 0 aromatic carbocycles. The largest absolute Gasteiger partial charge is 0.240 e. The summed E-state index contributed by atoms with van der Waals surface area (Å²) in [6.45, 7) is 0. The lowest BCUT2D eigenvalue weighted by Crippen LogP contribution is -1.98. The number of aromatic nitrogens is 4. The lowest BCUT2D eigenvalue weighted by atomic mass is 10.8. The van der Waals surface area contributed by atoms with Crippen LogP contribution in [-0.4, -0.2) is 28.6 Å². The van der Waals surface area contributed by atoms with E-state index in [1.807, 2.05) is 0 Å². The zero-order chi connectivity index (χ0) is 8.48. The molecule has 0 aliphatic carbocycles. The first-order valence-corrected chi connectivity index (χ1v) is 5.10. The van der Waals surface area contributed by atoms with Crippen molar-refractivity contribution < 1.29 is 8.42 Å². The van der Waals surface area contributed by atoms with Gasteiger partial charge in [0.2, 0.25) is 9.05 Å². The van der Waals surface area contributed by atoms with Crippen molar-refractivity contribution in [2.75, 3.05) is 0 Å². The minimum absolute atomic E-state index is 0.0995. The van der Waals surface area contributed by atoms with Crippen LogP contribution in [-0.2, 0) is 21.9 Å². The van der Waals surface area contributed by atoms with E-state index in [9.17, 15) is 8.42 Å². The minimum Gasteiger partial charge on any atom is -0.212 e. The summed E-state index contributed by atoms with van der Waals surface area (Å²) in [6.07, 6.45) is 0. The highest BCUT2D eigenvalue weighted by atomic mass is 35.7. The van der Waals surface area contributed by atoms with Gasteiger partial charge in [-0.3, -0.25) is 0 Å². The standard InChI is InChI=1S/C3H5ClN4O2S/c1-8-6-3(5-7-8)2-11(4,9)10/h2H2,1H3. The number of hydrogen-bond donors (Lipinski definition) is 0. The summed E-state index contributed by atoms with van der Waals surface area (Å²) in [5.41, 5.74) is 0. The van der Waals surface area contributed by atoms with Crippen molar-refractivity contribution in [3.05, 3.63) is 5.82 Å². The molecular weight excluding hydrogens is 192 g/mol. The number of hydrogen-bond acceptors (Lipinski definition) is 5. The summed E-state index contributed by atoms with van der Waals surface area (Å²) in [7, 11) is 2.90. The molecule has 0 bridgehead atoms. The summed E-state index contributed by atoms with van der Waals surface area (Å²) in [6, 6.07) is 0. The molecule has 0 N–H and O–H groups in total. The van der Waals surface area contributed by atoms with Gasteiger partial charge in [-0.15, -0.1) is 10.2 Å². The van der Waals surface area contributed by atoms with Crippen LogP contribution in [0.15, 0.2) is 0 Å². The molecule has 6 nitrogen and oxygen atoms in total. The first-order chi connectivity index (χ1) is 4.97. The average molecular weight is 197 g/mol. The fourth-order valence-electron chi connectivity index (χ4n) is 0.535. The van der Waals surface area contributed by atoms with E-state index in [-0.39, 0.29) is 11.6 Å². The maximum absolute atomic E-state index is 10.5. The van der Waals surface area contributed by atoms with E-state index in [4.69, 9.17) is 10.7 Å². The number of nitrogens with zero attached hydrogens (tertiary/aromatic N) is 4. The van der Waals surface area contributed by atoms with Gasteiger partial charge in [0.05, 0.1) is 7.05 Å². The van der Waals surface area contributed by atoms with Gasteiger partial charge in [0.25, 0.3) is 0 Å². The van der Waals surface area contributed by atoms with Crippen LogP contribution in [0.1, 0.15) is 5.82 Å². The Balaban J connectivity index is 2.81. The highest BCUT2D eigenvalue weighted by Crippen LogP contribution is 2.02. The Morgan fingerprint density at radius 3 is 2.64 bits per heavy atom. The molecule has 62 valence electrons. The predicted octanol–water partition coefficient (Wildman–Crippen LogP) is -0.721. The van der Waals surface area contributed by atoms with Crippen LogP contribution in [0.25, 0.3) is 0 Å². The molecular formula is C3H5ClN4O2S. The highest BCUT2D eigenvalue weighted by molar-refractivity contribution is 8.13. The monoisotopic (exact) mass is 196 g/mol. The molecule has 1 aromatic rings. The van der Waals surface area contributed by atoms with Crippen molar-refractivity contribution in [3.63, 3.8) is 0 Å². The first-order valence-electron chi connectivity index (χ1n) is 2.62. The molecule has 0 amide bonds. The molecule has 1 rings (SSSR count). The molecule has 0 radical (unpaired) electrons. The molecule has 0 aliphatic rings. The van der Waals surface area contributed by atoms with Crippen LogP contribution in [0.4, 0.5) is 0 Å². The van der Waals surface area contributed by atoms with Crippen molar-refractivity contribution in [2.45, 2.75) is 5.75 Å². The van der Waals surface area contributed by atoms with E-state index < -0.39 is 9.05 Å². The summed E-state index contributed by atoms with van der Waals surface area (Å²) < 4.78 is 20.9. The lowest BCUT2D eigenvalue weighted by molar-refractivity contribution is 0.606. The molecule has 0 fully saturated rings. The van der Waals surface area contributed by atoms with E-state index in [1.54, 1.807) is 0 Å². The third-order valence-electron chi connectivity index (χ3n) is 0.851. The molecule has 1 aromatic heterocycles. The van der Waals surface area contributed by atoms with Gasteiger partial charge in [0, 0.05) is 10.7 Å². The zero-order valence-corrected chi connectivity index (χ0v) is 7.17. The smallest absolute Gasteiger partial charge is 0.212 e. The van der Waals surface area contributed by atoms with Crippen LogP contribution in [0.3, 0.4) is 0 Å². The van der Waals surface area contributed by atoms with Gasteiger partial charge < -0.3 is 0 Å². The van der Waals surface area contributed by atoms with Crippen LogP contribution in [0, 0.1) is 0 Å². The quantitative estimate of drug-likeness (QED) is 0.584. The number of halogens is 1. The molecule has 0 atom stereocenters. The Morgan fingerprint density at radius 2 is 2.27 bits per heavy atom. The van der Waals surface area contributed by atoms with Crippen molar-refractivity contribution in [2.24, 2.45) is 7.05 Å². The first kappa shape index (κ1) is 8.41. The fraction of sp³-hybridized carbons (Fsp3) is 0.667. The second-order valence-corrected chi connectivity index (χ2v) is 4.66. The van der Waals surface area contributed by atoms with Crippen molar-refractivity contribution in [1.82, 2.24) is 20.2 Å². The van der Waals surface area contributed by atoms with Gasteiger partial charge in [0.15, 0.2) is 5.82 Å².